The Morgan fingerprint density at radius 2 is 2.29 bits per heavy atom. The molecule has 1 aromatic rings. The van der Waals surface area contributed by atoms with Crippen molar-refractivity contribution >= 4 is 23.1 Å². The Morgan fingerprint density at radius 3 is 2.86 bits per heavy atom. The van der Waals surface area contributed by atoms with Crippen LogP contribution in [0.5, 0.6) is 0 Å². The van der Waals surface area contributed by atoms with Crippen LogP contribution in [0.25, 0.3) is 0 Å². The number of aromatic nitrogens is 1. The number of nitrogen functional groups attached to an aromatic ring is 1. The third-order valence-electron chi connectivity index (χ3n) is 2.61. The van der Waals surface area contributed by atoms with Gasteiger partial charge in [-0.1, -0.05) is 18.0 Å². The summed E-state index contributed by atoms with van der Waals surface area (Å²) in [6.07, 6.45) is 4.00. The Morgan fingerprint density at radius 1 is 1.50 bits per heavy atom. The van der Waals surface area contributed by atoms with E-state index in [1.165, 1.54) is 19.3 Å². The summed E-state index contributed by atoms with van der Waals surface area (Å²) < 4.78 is 0. The molecule has 0 aliphatic heterocycles. The first-order valence-electron chi connectivity index (χ1n) is 4.91. The van der Waals surface area contributed by atoms with Crippen molar-refractivity contribution in [2.45, 2.75) is 19.3 Å². The fourth-order valence-corrected chi connectivity index (χ4v) is 1.77. The van der Waals surface area contributed by atoms with E-state index in [0.717, 1.165) is 18.3 Å². The zero-order valence-corrected chi connectivity index (χ0v) is 8.72. The molecule has 1 aromatic heterocycles. The van der Waals surface area contributed by atoms with Crippen molar-refractivity contribution in [2.75, 3.05) is 17.6 Å². The summed E-state index contributed by atoms with van der Waals surface area (Å²) in [6.45, 7) is 0.979. The van der Waals surface area contributed by atoms with Gasteiger partial charge in [-0.2, -0.15) is 0 Å². The highest BCUT2D eigenvalue weighted by molar-refractivity contribution is 6.29. The van der Waals surface area contributed by atoms with E-state index in [-0.39, 0.29) is 0 Å². The first-order valence-corrected chi connectivity index (χ1v) is 5.29. The van der Waals surface area contributed by atoms with Crippen LogP contribution >= 0.6 is 11.6 Å². The van der Waals surface area contributed by atoms with Gasteiger partial charge in [-0.25, -0.2) is 4.98 Å². The van der Waals surface area contributed by atoms with E-state index in [9.17, 15) is 0 Å². The van der Waals surface area contributed by atoms with Crippen LogP contribution < -0.4 is 11.1 Å². The summed E-state index contributed by atoms with van der Waals surface area (Å²) in [5.41, 5.74) is 6.30. The molecule has 0 amide bonds. The predicted octanol–water partition coefficient (Wildman–Crippen LogP) is 2.53. The van der Waals surface area contributed by atoms with Gasteiger partial charge in [0.2, 0.25) is 0 Å². The number of nitrogens with two attached hydrogens (primary N) is 1. The van der Waals surface area contributed by atoms with Crippen molar-refractivity contribution in [3.05, 3.63) is 17.3 Å². The predicted molar refractivity (Wildman–Crippen MR) is 59.5 cm³/mol. The second-order valence-electron chi connectivity index (χ2n) is 3.79. The highest BCUT2D eigenvalue weighted by Gasteiger charge is 2.16. The van der Waals surface area contributed by atoms with Crippen molar-refractivity contribution in [3.63, 3.8) is 0 Å². The van der Waals surface area contributed by atoms with E-state index in [0.29, 0.717) is 10.8 Å². The van der Waals surface area contributed by atoms with Crippen LogP contribution in [0.3, 0.4) is 0 Å². The number of nitrogens with one attached hydrogen (secondary N) is 1. The van der Waals surface area contributed by atoms with Crippen LogP contribution in [-0.2, 0) is 0 Å². The van der Waals surface area contributed by atoms with Crippen molar-refractivity contribution in [2.24, 2.45) is 5.92 Å². The number of anilines is 2. The Kier molecular flexibility index (Phi) is 2.77. The lowest BCUT2D eigenvalue weighted by molar-refractivity contribution is 0.333. The number of hydrogen-bond donors (Lipinski definition) is 2. The van der Waals surface area contributed by atoms with E-state index < -0.39 is 0 Å². The van der Waals surface area contributed by atoms with Crippen molar-refractivity contribution < 1.29 is 0 Å². The first-order chi connectivity index (χ1) is 6.74. The standard InChI is InChI=1S/C10H14ClN3/c11-9-4-8(12)5-10(14-9)13-6-7-2-1-3-7/h4-5,7H,1-3,6H2,(H3,12,13,14). The quantitative estimate of drug-likeness (QED) is 0.756. The average Bonchev–Trinajstić information content (AvgIpc) is 1.99. The molecule has 1 saturated carbocycles. The molecule has 1 aliphatic rings. The van der Waals surface area contributed by atoms with Crippen LogP contribution in [0.15, 0.2) is 12.1 Å². The van der Waals surface area contributed by atoms with E-state index >= 15 is 0 Å². The molecular formula is C10H14ClN3. The van der Waals surface area contributed by atoms with Gasteiger partial charge in [0.05, 0.1) is 0 Å². The molecule has 0 atom stereocenters. The highest BCUT2D eigenvalue weighted by Crippen LogP contribution is 2.26. The molecule has 3 N–H and O–H groups in total. The van der Waals surface area contributed by atoms with Gasteiger partial charge in [-0.15, -0.1) is 0 Å². The van der Waals surface area contributed by atoms with Gasteiger partial charge in [0.1, 0.15) is 11.0 Å². The first kappa shape index (κ1) is 9.59. The summed E-state index contributed by atoms with van der Waals surface area (Å²) in [5, 5.41) is 3.70. The minimum atomic E-state index is 0.445. The molecule has 0 aromatic carbocycles. The molecule has 14 heavy (non-hydrogen) atoms. The molecule has 1 fully saturated rings. The topological polar surface area (TPSA) is 50.9 Å². The van der Waals surface area contributed by atoms with Crippen molar-refractivity contribution in [1.29, 1.82) is 0 Å². The summed E-state index contributed by atoms with van der Waals surface area (Å²) >= 11 is 5.78. The molecule has 76 valence electrons. The molecule has 0 radical (unpaired) electrons. The van der Waals surface area contributed by atoms with Gasteiger partial charge >= 0.3 is 0 Å². The van der Waals surface area contributed by atoms with Crippen molar-refractivity contribution in [1.82, 2.24) is 4.98 Å². The number of pyridine rings is 1. The summed E-state index contributed by atoms with van der Waals surface area (Å²) in [4.78, 5) is 4.14. The van der Waals surface area contributed by atoms with Gasteiger partial charge in [-0.05, 0) is 24.8 Å². The number of hydrogen-bond acceptors (Lipinski definition) is 3. The lowest BCUT2D eigenvalue weighted by Crippen LogP contribution is -2.21. The van der Waals surface area contributed by atoms with E-state index in [1.54, 1.807) is 6.07 Å². The zero-order valence-electron chi connectivity index (χ0n) is 7.96. The van der Waals surface area contributed by atoms with Crippen LogP contribution in [0.4, 0.5) is 11.5 Å². The highest BCUT2D eigenvalue weighted by atomic mass is 35.5. The number of halogens is 1. The molecular weight excluding hydrogens is 198 g/mol. The molecule has 1 aliphatic carbocycles. The molecule has 4 heteroatoms. The van der Waals surface area contributed by atoms with Crippen LogP contribution in [0, 0.1) is 5.92 Å². The van der Waals surface area contributed by atoms with Gasteiger partial charge in [-0.3, -0.25) is 0 Å². The Labute approximate surface area is 88.7 Å². The summed E-state index contributed by atoms with van der Waals surface area (Å²) in [5.74, 6) is 1.58. The Hall–Kier alpha value is -0.960. The zero-order chi connectivity index (χ0) is 9.97. The Bertz CT molecular complexity index is 303. The molecule has 0 unspecified atom stereocenters. The van der Waals surface area contributed by atoms with Gasteiger partial charge in [0.15, 0.2) is 0 Å². The monoisotopic (exact) mass is 211 g/mol. The Balaban J connectivity index is 1.94. The second kappa shape index (κ2) is 4.05. The van der Waals surface area contributed by atoms with E-state index in [2.05, 4.69) is 10.3 Å². The van der Waals surface area contributed by atoms with Gasteiger partial charge < -0.3 is 11.1 Å². The normalized spacial score (nSPS) is 16.4. The van der Waals surface area contributed by atoms with Crippen LogP contribution in [0.1, 0.15) is 19.3 Å². The maximum atomic E-state index is 5.78. The third-order valence-corrected chi connectivity index (χ3v) is 2.81. The van der Waals surface area contributed by atoms with Crippen LogP contribution in [-0.4, -0.2) is 11.5 Å². The lowest BCUT2D eigenvalue weighted by Gasteiger charge is -2.25. The average molecular weight is 212 g/mol. The lowest BCUT2D eigenvalue weighted by atomic mass is 9.85. The smallest absolute Gasteiger partial charge is 0.133 e. The largest absolute Gasteiger partial charge is 0.399 e. The molecule has 1 heterocycles. The SMILES string of the molecule is Nc1cc(Cl)nc(NCC2CCC2)c1. The minimum Gasteiger partial charge on any atom is -0.399 e. The molecule has 0 bridgehead atoms. The number of nitrogens with zero attached hydrogens (tertiary/aromatic N) is 1. The summed E-state index contributed by atoms with van der Waals surface area (Å²) in [6, 6.07) is 3.46. The third kappa shape index (κ3) is 2.29. The maximum absolute atomic E-state index is 5.78. The molecule has 0 spiro atoms. The fraction of sp³-hybridized carbons (Fsp3) is 0.500. The minimum absolute atomic E-state index is 0.445. The fourth-order valence-electron chi connectivity index (χ4n) is 1.55. The molecule has 0 saturated heterocycles. The van der Waals surface area contributed by atoms with Gasteiger partial charge in [0.25, 0.3) is 0 Å². The maximum Gasteiger partial charge on any atom is 0.133 e. The second-order valence-corrected chi connectivity index (χ2v) is 4.17. The van der Waals surface area contributed by atoms with E-state index in [1.807, 2.05) is 6.07 Å². The summed E-state index contributed by atoms with van der Waals surface area (Å²) in [7, 11) is 0. The molecule has 3 nitrogen and oxygen atoms in total. The van der Waals surface area contributed by atoms with Crippen molar-refractivity contribution in [3.8, 4) is 0 Å². The number of rotatable bonds is 3. The van der Waals surface area contributed by atoms with E-state index in [4.69, 9.17) is 17.3 Å². The molecule has 2 rings (SSSR count). The van der Waals surface area contributed by atoms with Gasteiger partial charge in [0, 0.05) is 18.3 Å². The van der Waals surface area contributed by atoms with Crippen LogP contribution in [0.2, 0.25) is 5.15 Å².